The molecule has 0 saturated carbocycles. The van der Waals surface area contributed by atoms with E-state index < -0.39 is 11.5 Å². The van der Waals surface area contributed by atoms with Gasteiger partial charge in [0, 0.05) is 19.8 Å². The summed E-state index contributed by atoms with van der Waals surface area (Å²) in [5, 5.41) is 15.7. The molecule has 3 rings (SSSR count). The van der Waals surface area contributed by atoms with E-state index in [1.165, 1.54) is 5.57 Å². The quantitative estimate of drug-likeness (QED) is 0.625. The molecule has 0 spiro atoms. The Morgan fingerprint density at radius 3 is 2.52 bits per heavy atom. The van der Waals surface area contributed by atoms with E-state index in [4.69, 9.17) is 9.84 Å². The number of hydrogen-bond acceptors (Lipinski definition) is 4. The van der Waals surface area contributed by atoms with Gasteiger partial charge >= 0.3 is 5.97 Å². The minimum atomic E-state index is -0.957. The molecule has 1 aromatic carbocycles. The van der Waals surface area contributed by atoms with Gasteiger partial charge in [-0.1, -0.05) is 35.9 Å². The van der Waals surface area contributed by atoms with Crippen LogP contribution in [0.2, 0.25) is 0 Å². The van der Waals surface area contributed by atoms with Gasteiger partial charge in [0.05, 0.1) is 11.6 Å². The molecule has 0 radical (unpaired) electrons. The maximum absolute atomic E-state index is 13.2. The molecule has 29 heavy (non-hydrogen) atoms. The molecule has 3 N–H and O–H groups in total. The lowest BCUT2D eigenvalue weighted by Crippen LogP contribution is -2.60. The van der Waals surface area contributed by atoms with Crippen LogP contribution in [0.4, 0.5) is 0 Å². The van der Waals surface area contributed by atoms with Crippen molar-refractivity contribution >= 4 is 11.9 Å². The van der Waals surface area contributed by atoms with Gasteiger partial charge in [-0.05, 0) is 56.7 Å². The number of amides is 1. The average molecular weight is 399 g/mol. The third-order valence-corrected chi connectivity index (χ3v) is 5.74. The lowest BCUT2D eigenvalue weighted by atomic mass is 9.88. The number of allylic oxidation sites excluding steroid dienone is 3. The molecule has 1 fully saturated rings. The first-order chi connectivity index (χ1) is 14.0. The molecule has 1 aliphatic carbocycles. The molecule has 156 valence electrons. The van der Waals surface area contributed by atoms with Crippen molar-refractivity contribution in [3.8, 4) is 0 Å². The van der Waals surface area contributed by atoms with Crippen LogP contribution in [0.3, 0.4) is 0 Å². The third-order valence-electron chi connectivity index (χ3n) is 5.74. The smallest absolute Gasteiger partial charge is 0.335 e. The predicted octanol–water partition coefficient (Wildman–Crippen LogP) is 3.37. The van der Waals surface area contributed by atoms with Gasteiger partial charge in [-0.15, -0.1) is 0 Å². The zero-order valence-corrected chi connectivity index (χ0v) is 16.9. The highest BCUT2D eigenvalue weighted by Crippen LogP contribution is 2.24. The Hall–Kier alpha value is -2.44. The molecular weight excluding hydrogens is 368 g/mol. The Bertz CT molecular complexity index is 777. The Labute approximate surface area is 172 Å². The van der Waals surface area contributed by atoms with Crippen molar-refractivity contribution < 1.29 is 19.4 Å². The van der Waals surface area contributed by atoms with Crippen molar-refractivity contribution in [2.24, 2.45) is 0 Å². The summed E-state index contributed by atoms with van der Waals surface area (Å²) >= 11 is 0. The van der Waals surface area contributed by atoms with E-state index in [1.807, 2.05) is 6.92 Å². The van der Waals surface area contributed by atoms with Crippen molar-refractivity contribution in [1.82, 2.24) is 10.6 Å². The largest absolute Gasteiger partial charge is 0.478 e. The summed E-state index contributed by atoms with van der Waals surface area (Å²) in [5.74, 6) is -0.981. The summed E-state index contributed by atoms with van der Waals surface area (Å²) in [7, 11) is 0. The normalized spacial score (nSPS) is 19.3. The van der Waals surface area contributed by atoms with Crippen molar-refractivity contribution in [3.63, 3.8) is 0 Å². The molecule has 0 unspecified atom stereocenters. The summed E-state index contributed by atoms with van der Waals surface area (Å²) in [6.45, 7) is 3.78. The van der Waals surface area contributed by atoms with E-state index in [0.29, 0.717) is 26.1 Å². The number of benzene rings is 1. The van der Waals surface area contributed by atoms with Gasteiger partial charge in [0.15, 0.2) is 0 Å². The van der Waals surface area contributed by atoms with E-state index in [0.717, 1.165) is 31.4 Å². The molecule has 2 aliphatic rings. The maximum Gasteiger partial charge on any atom is 0.335 e. The lowest BCUT2D eigenvalue weighted by Gasteiger charge is -2.37. The lowest BCUT2D eigenvalue weighted by molar-refractivity contribution is -0.132. The van der Waals surface area contributed by atoms with Crippen LogP contribution in [-0.4, -0.2) is 42.3 Å². The maximum atomic E-state index is 13.2. The van der Waals surface area contributed by atoms with Gasteiger partial charge in [0.25, 0.3) is 0 Å². The summed E-state index contributed by atoms with van der Waals surface area (Å²) in [4.78, 5) is 24.2. The van der Waals surface area contributed by atoms with Crippen LogP contribution < -0.4 is 10.6 Å². The van der Waals surface area contributed by atoms with Crippen molar-refractivity contribution in [2.45, 2.75) is 50.6 Å². The molecule has 0 bridgehead atoms. The second-order valence-corrected chi connectivity index (χ2v) is 7.75. The molecule has 6 nitrogen and oxygen atoms in total. The Morgan fingerprint density at radius 2 is 1.90 bits per heavy atom. The monoisotopic (exact) mass is 398 g/mol. The zero-order chi connectivity index (χ0) is 20.7. The molecular formula is C23H30N2O4. The predicted molar refractivity (Wildman–Crippen MR) is 112 cm³/mol. The number of nitrogens with one attached hydrogen (secondary N) is 2. The fourth-order valence-corrected chi connectivity index (χ4v) is 3.84. The van der Waals surface area contributed by atoms with Crippen molar-refractivity contribution in [1.29, 1.82) is 0 Å². The highest BCUT2D eigenvalue weighted by atomic mass is 16.5. The highest BCUT2D eigenvalue weighted by Gasteiger charge is 2.40. The molecule has 6 heteroatoms. The Balaban J connectivity index is 1.62. The van der Waals surface area contributed by atoms with Crippen LogP contribution >= 0.6 is 0 Å². The van der Waals surface area contributed by atoms with Gasteiger partial charge in [0.2, 0.25) is 5.91 Å². The molecule has 1 amide bonds. The second kappa shape index (κ2) is 9.85. The van der Waals surface area contributed by atoms with Crippen LogP contribution in [0, 0.1) is 0 Å². The Morgan fingerprint density at radius 1 is 1.17 bits per heavy atom. The van der Waals surface area contributed by atoms with E-state index in [1.54, 1.807) is 24.3 Å². The number of aromatic carboxylic acids is 1. The van der Waals surface area contributed by atoms with Gasteiger partial charge in [-0.25, -0.2) is 4.79 Å². The van der Waals surface area contributed by atoms with Gasteiger partial charge in [-0.2, -0.15) is 0 Å². The first kappa shape index (κ1) is 21.3. The summed E-state index contributed by atoms with van der Waals surface area (Å²) in [6.07, 6.45) is 11.0. The number of carboxylic acids is 1. The van der Waals surface area contributed by atoms with Crippen LogP contribution in [0.1, 0.15) is 61.0 Å². The molecule has 1 saturated heterocycles. The molecule has 1 heterocycles. The van der Waals surface area contributed by atoms with Crippen LogP contribution in [0.5, 0.6) is 0 Å². The number of carbonyl (C=O) groups excluding carboxylic acids is 1. The Kier molecular flexibility index (Phi) is 7.23. The highest BCUT2D eigenvalue weighted by molar-refractivity contribution is 5.88. The minimum Gasteiger partial charge on any atom is -0.478 e. The van der Waals surface area contributed by atoms with E-state index >= 15 is 0 Å². The van der Waals surface area contributed by atoms with Gasteiger partial charge in [-0.3, -0.25) is 4.79 Å². The molecule has 0 aromatic heterocycles. The second-order valence-electron chi connectivity index (χ2n) is 7.75. The first-order valence-corrected chi connectivity index (χ1v) is 10.3. The van der Waals surface area contributed by atoms with Crippen LogP contribution in [0.25, 0.3) is 0 Å². The van der Waals surface area contributed by atoms with Crippen LogP contribution in [-0.2, 0) is 9.53 Å². The number of hydrogen-bond donors (Lipinski definition) is 3. The topological polar surface area (TPSA) is 87.7 Å². The van der Waals surface area contributed by atoms with Crippen molar-refractivity contribution in [2.75, 3.05) is 19.8 Å². The number of ether oxygens (including phenoxy) is 1. The number of carboxylic acid groups (broad SMARTS) is 1. The first-order valence-electron chi connectivity index (χ1n) is 10.3. The minimum absolute atomic E-state index is 0.0243. The standard InChI is InChI=1S/C23H30N2O4/c1-17(19-7-9-20(10-8-19)21(26)27)25-22(28)23(12-15-29-16-13-23)24-14-11-18-5-3-2-4-6-18/h3,5-10,17,24H,2,4,11-16H2,1H3,(H,25,28)(H,26,27)/t17-/m0/s1. The molecule has 1 aromatic rings. The SMILES string of the molecule is C[C@H](NC(=O)C1(NCCC2=CCCC=C2)CCOCC1)c1ccc(C(=O)O)cc1. The van der Waals surface area contributed by atoms with Crippen molar-refractivity contribution in [3.05, 3.63) is 59.2 Å². The van der Waals surface area contributed by atoms with E-state index in [-0.39, 0.29) is 17.5 Å². The summed E-state index contributed by atoms with van der Waals surface area (Å²) in [5.41, 5.74) is 1.80. The number of rotatable bonds is 8. The number of carbonyl (C=O) groups is 2. The molecule has 1 atom stereocenters. The van der Waals surface area contributed by atoms with Gasteiger partial charge < -0.3 is 20.5 Å². The summed E-state index contributed by atoms with van der Waals surface area (Å²) < 4.78 is 5.50. The van der Waals surface area contributed by atoms with E-state index in [9.17, 15) is 9.59 Å². The average Bonchev–Trinajstić information content (AvgIpc) is 2.75. The summed E-state index contributed by atoms with van der Waals surface area (Å²) in [6, 6.07) is 6.42. The zero-order valence-electron chi connectivity index (χ0n) is 16.9. The fraction of sp³-hybridized carbons (Fsp3) is 0.478. The van der Waals surface area contributed by atoms with Crippen LogP contribution in [0.15, 0.2) is 48.1 Å². The van der Waals surface area contributed by atoms with E-state index in [2.05, 4.69) is 28.9 Å². The third kappa shape index (κ3) is 5.55. The van der Waals surface area contributed by atoms with Gasteiger partial charge in [0.1, 0.15) is 5.54 Å². The fourth-order valence-electron chi connectivity index (χ4n) is 3.84. The molecule has 1 aliphatic heterocycles.